The van der Waals surface area contributed by atoms with Gasteiger partial charge in [0.25, 0.3) is 0 Å². The van der Waals surface area contributed by atoms with Crippen LogP contribution in [0.2, 0.25) is 0 Å². The number of rotatable bonds is 9. The molecule has 2 rings (SSSR count). The van der Waals surface area contributed by atoms with Crippen LogP contribution in [-0.4, -0.2) is 32.5 Å². The van der Waals surface area contributed by atoms with Gasteiger partial charge in [-0.15, -0.1) is 0 Å². The first kappa shape index (κ1) is 21.5. The molecular formula is C19H21IO6S. The number of benzene rings is 2. The van der Waals surface area contributed by atoms with Crippen molar-refractivity contribution in [3.63, 3.8) is 0 Å². The standard InChI is InChI=1S/C19H21IO6S/c1-14-11-15(25-10-6-5-9-20)13-16(12-14)26-27(22,23)18-8-4-3-7-17(18)19(21)24-2/h3-4,7-8,11-13H,5-6,9-10H2,1-2H3. The Hall–Kier alpha value is -1.81. The molecule has 0 spiro atoms. The molecule has 0 radical (unpaired) electrons. The highest BCUT2D eigenvalue weighted by Gasteiger charge is 2.25. The molecule has 0 aromatic heterocycles. The van der Waals surface area contributed by atoms with Crippen molar-refractivity contribution >= 4 is 38.7 Å². The van der Waals surface area contributed by atoms with E-state index in [1.165, 1.54) is 31.4 Å². The van der Waals surface area contributed by atoms with E-state index in [2.05, 4.69) is 27.3 Å². The lowest BCUT2D eigenvalue weighted by molar-refractivity contribution is 0.0596. The van der Waals surface area contributed by atoms with Crippen molar-refractivity contribution in [2.45, 2.75) is 24.7 Å². The molecule has 0 unspecified atom stereocenters. The number of hydrogen-bond acceptors (Lipinski definition) is 6. The van der Waals surface area contributed by atoms with Gasteiger partial charge >= 0.3 is 16.1 Å². The van der Waals surface area contributed by atoms with Gasteiger partial charge in [0.15, 0.2) is 0 Å². The summed E-state index contributed by atoms with van der Waals surface area (Å²) in [5, 5.41) is 0. The van der Waals surface area contributed by atoms with Crippen LogP contribution in [0.5, 0.6) is 11.5 Å². The highest BCUT2D eigenvalue weighted by atomic mass is 127. The van der Waals surface area contributed by atoms with Crippen LogP contribution in [0.4, 0.5) is 0 Å². The van der Waals surface area contributed by atoms with Gasteiger partial charge < -0.3 is 13.7 Å². The van der Waals surface area contributed by atoms with Crippen LogP contribution in [-0.2, 0) is 14.9 Å². The van der Waals surface area contributed by atoms with Gasteiger partial charge in [-0.2, -0.15) is 8.42 Å². The quantitative estimate of drug-likeness (QED) is 0.168. The van der Waals surface area contributed by atoms with E-state index >= 15 is 0 Å². The van der Waals surface area contributed by atoms with Crippen LogP contribution in [0.3, 0.4) is 0 Å². The Morgan fingerprint density at radius 3 is 2.48 bits per heavy atom. The number of halogens is 1. The maximum Gasteiger partial charge on any atom is 0.340 e. The smallest absolute Gasteiger partial charge is 0.340 e. The van der Waals surface area contributed by atoms with Crippen LogP contribution in [0.15, 0.2) is 47.4 Å². The number of ether oxygens (including phenoxy) is 2. The van der Waals surface area contributed by atoms with E-state index in [-0.39, 0.29) is 16.2 Å². The summed E-state index contributed by atoms with van der Waals surface area (Å²) in [6.45, 7) is 2.36. The van der Waals surface area contributed by atoms with Crippen molar-refractivity contribution < 1.29 is 26.9 Å². The van der Waals surface area contributed by atoms with E-state index in [0.29, 0.717) is 12.4 Å². The Morgan fingerprint density at radius 2 is 1.78 bits per heavy atom. The first-order valence-corrected chi connectivity index (χ1v) is 11.2. The van der Waals surface area contributed by atoms with Crippen molar-refractivity contribution in [3.05, 3.63) is 53.6 Å². The van der Waals surface area contributed by atoms with Crippen molar-refractivity contribution in [1.82, 2.24) is 0 Å². The third kappa shape index (κ3) is 6.10. The SMILES string of the molecule is COC(=O)c1ccccc1S(=O)(=O)Oc1cc(C)cc(OCCCCI)c1. The van der Waals surface area contributed by atoms with E-state index in [0.717, 1.165) is 22.8 Å². The second kappa shape index (κ2) is 9.93. The summed E-state index contributed by atoms with van der Waals surface area (Å²) in [5.41, 5.74) is 0.718. The van der Waals surface area contributed by atoms with Crippen LogP contribution < -0.4 is 8.92 Å². The second-order valence-corrected chi connectivity index (χ2v) is 8.35. The Bertz CT molecular complexity index is 895. The topological polar surface area (TPSA) is 78.9 Å². The molecule has 27 heavy (non-hydrogen) atoms. The zero-order valence-corrected chi connectivity index (χ0v) is 18.1. The normalized spacial score (nSPS) is 11.1. The maximum absolute atomic E-state index is 12.7. The average molecular weight is 504 g/mol. The third-order valence-electron chi connectivity index (χ3n) is 3.59. The molecule has 0 saturated carbocycles. The third-order valence-corrected chi connectivity index (χ3v) is 5.66. The lowest BCUT2D eigenvalue weighted by Gasteiger charge is -2.12. The molecule has 0 atom stereocenters. The summed E-state index contributed by atoms with van der Waals surface area (Å²) < 4.78 is 42.0. The summed E-state index contributed by atoms with van der Waals surface area (Å²) in [6.07, 6.45) is 1.96. The molecule has 0 fully saturated rings. The number of carbonyl (C=O) groups excluding carboxylic acids is 1. The highest BCUT2D eigenvalue weighted by Crippen LogP contribution is 2.27. The lowest BCUT2D eigenvalue weighted by Crippen LogP contribution is -2.15. The Kier molecular flexibility index (Phi) is 7.91. The zero-order valence-electron chi connectivity index (χ0n) is 15.1. The van der Waals surface area contributed by atoms with Crippen LogP contribution in [0.1, 0.15) is 28.8 Å². The van der Waals surface area contributed by atoms with Crippen molar-refractivity contribution in [1.29, 1.82) is 0 Å². The van der Waals surface area contributed by atoms with Gasteiger partial charge in [0.05, 0.1) is 19.3 Å². The van der Waals surface area contributed by atoms with Crippen LogP contribution in [0, 0.1) is 6.92 Å². The molecule has 146 valence electrons. The van der Waals surface area contributed by atoms with Gasteiger partial charge in [-0.25, -0.2) is 4.79 Å². The number of aryl methyl sites for hydroxylation is 1. The molecule has 0 aliphatic rings. The van der Waals surface area contributed by atoms with E-state index in [4.69, 9.17) is 8.92 Å². The summed E-state index contributed by atoms with van der Waals surface area (Å²) in [6, 6.07) is 10.7. The minimum atomic E-state index is -4.22. The molecule has 0 N–H and O–H groups in total. The number of unbranched alkanes of at least 4 members (excludes halogenated alkanes) is 1. The van der Waals surface area contributed by atoms with Crippen molar-refractivity contribution in [2.75, 3.05) is 18.1 Å². The number of carbonyl (C=O) groups is 1. The molecule has 6 nitrogen and oxygen atoms in total. The molecule has 2 aromatic carbocycles. The average Bonchev–Trinajstić information content (AvgIpc) is 2.64. The summed E-state index contributed by atoms with van der Waals surface area (Å²) in [4.78, 5) is 11.6. The van der Waals surface area contributed by atoms with Gasteiger partial charge in [0, 0.05) is 6.07 Å². The van der Waals surface area contributed by atoms with Gasteiger partial charge in [-0.3, -0.25) is 0 Å². The van der Waals surface area contributed by atoms with E-state index in [9.17, 15) is 13.2 Å². The maximum atomic E-state index is 12.7. The van der Waals surface area contributed by atoms with Gasteiger partial charge in [0.2, 0.25) is 0 Å². The lowest BCUT2D eigenvalue weighted by atomic mass is 10.2. The van der Waals surface area contributed by atoms with Crippen molar-refractivity contribution in [2.24, 2.45) is 0 Å². The number of methoxy groups -OCH3 is 1. The van der Waals surface area contributed by atoms with Gasteiger partial charge in [0.1, 0.15) is 16.4 Å². The monoisotopic (exact) mass is 504 g/mol. The van der Waals surface area contributed by atoms with Crippen molar-refractivity contribution in [3.8, 4) is 11.5 Å². The zero-order chi connectivity index (χ0) is 19.9. The Morgan fingerprint density at radius 1 is 1.07 bits per heavy atom. The van der Waals surface area contributed by atoms with Crippen LogP contribution in [0.25, 0.3) is 0 Å². The van der Waals surface area contributed by atoms with Gasteiger partial charge in [-0.05, 0) is 54.0 Å². The van der Waals surface area contributed by atoms with E-state index in [1.54, 1.807) is 12.1 Å². The van der Waals surface area contributed by atoms with Crippen LogP contribution >= 0.6 is 22.6 Å². The molecule has 0 amide bonds. The summed E-state index contributed by atoms with van der Waals surface area (Å²) in [5.74, 6) is -0.0882. The predicted molar refractivity (Wildman–Crippen MR) is 110 cm³/mol. The molecule has 0 saturated heterocycles. The minimum Gasteiger partial charge on any atom is -0.493 e. The fourth-order valence-electron chi connectivity index (χ4n) is 2.37. The second-order valence-electron chi connectivity index (χ2n) is 5.75. The number of hydrogen-bond donors (Lipinski definition) is 0. The Balaban J connectivity index is 2.26. The molecule has 0 heterocycles. The molecule has 2 aromatic rings. The first-order valence-electron chi connectivity index (χ1n) is 8.29. The predicted octanol–water partition coefficient (Wildman–Crippen LogP) is 4.14. The highest BCUT2D eigenvalue weighted by molar-refractivity contribution is 14.1. The summed E-state index contributed by atoms with van der Waals surface area (Å²) >= 11 is 2.31. The minimum absolute atomic E-state index is 0.0806. The number of alkyl halides is 1. The first-order chi connectivity index (χ1) is 12.9. The molecular weight excluding hydrogens is 483 g/mol. The van der Waals surface area contributed by atoms with E-state index < -0.39 is 16.1 Å². The Labute approximate surface area is 173 Å². The largest absolute Gasteiger partial charge is 0.493 e. The number of esters is 1. The molecule has 0 aliphatic heterocycles. The van der Waals surface area contributed by atoms with Gasteiger partial charge in [-0.1, -0.05) is 34.7 Å². The fraction of sp³-hybridized carbons (Fsp3) is 0.316. The molecule has 8 heteroatoms. The molecule has 0 aliphatic carbocycles. The van der Waals surface area contributed by atoms with E-state index in [1.807, 2.05) is 13.0 Å². The fourth-order valence-corrected chi connectivity index (χ4v) is 4.01. The molecule has 0 bridgehead atoms. The summed E-state index contributed by atoms with van der Waals surface area (Å²) in [7, 11) is -3.03.